The molecule has 1 saturated carbocycles. The Hall–Kier alpha value is -0.830. The molecule has 1 aliphatic heterocycles. The lowest BCUT2D eigenvalue weighted by molar-refractivity contribution is -0.134. The number of hydrogen-bond donors (Lipinski definition) is 0. The summed E-state index contributed by atoms with van der Waals surface area (Å²) in [4.78, 5) is 16.2. The summed E-state index contributed by atoms with van der Waals surface area (Å²) < 4.78 is 0. The van der Waals surface area contributed by atoms with Crippen LogP contribution < -0.4 is 0 Å². The van der Waals surface area contributed by atoms with E-state index in [1.165, 1.54) is 36.1 Å². The number of carbonyl (C=O) groups is 1. The summed E-state index contributed by atoms with van der Waals surface area (Å²) in [6, 6.07) is 2.56. The number of nitrogens with zero attached hydrogens (tertiary/aromatic N) is 1. The molecule has 3 heteroatoms. The Kier molecular flexibility index (Phi) is 4.45. The Bertz CT molecular complexity index is 461. The third kappa shape index (κ3) is 2.78. The van der Waals surface area contributed by atoms with Crippen molar-refractivity contribution >= 4 is 17.2 Å². The highest BCUT2D eigenvalue weighted by molar-refractivity contribution is 7.10. The molecule has 1 atom stereocenters. The van der Waals surface area contributed by atoms with Gasteiger partial charge in [0, 0.05) is 17.8 Å². The second kappa shape index (κ2) is 6.30. The maximum atomic E-state index is 12.6. The number of amides is 1. The van der Waals surface area contributed by atoms with E-state index in [2.05, 4.69) is 23.3 Å². The number of rotatable bonds is 4. The molecular formula is C17H25NOS. The Balaban J connectivity index is 1.62. The van der Waals surface area contributed by atoms with Crippen molar-refractivity contribution < 1.29 is 4.79 Å². The molecule has 0 spiro atoms. The van der Waals surface area contributed by atoms with Gasteiger partial charge in [0.2, 0.25) is 5.91 Å². The molecule has 2 aliphatic rings. The van der Waals surface area contributed by atoms with Gasteiger partial charge < -0.3 is 4.90 Å². The monoisotopic (exact) mass is 291 g/mol. The second-order valence-electron chi connectivity index (χ2n) is 6.25. The van der Waals surface area contributed by atoms with Gasteiger partial charge in [0.1, 0.15) is 0 Å². The van der Waals surface area contributed by atoms with Crippen LogP contribution in [0.3, 0.4) is 0 Å². The van der Waals surface area contributed by atoms with Crippen molar-refractivity contribution in [3.63, 3.8) is 0 Å². The SMILES string of the molecule is CCC1c2ccsc2CCN1C(=O)CCC1CCCC1. The molecule has 1 aliphatic carbocycles. The summed E-state index contributed by atoms with van der Waals surface area (Å²) in [5.74, 6) is 1.21. The zero-order chi connectivity index (χ0) is 13.9. The zero-order valence-corrected chi connectivity index (χ0v) is 13.3. The highest BCUT2D eigenvalue weighted by Gasteiger charge is 2.30. The molecule has 0 saturated heterocycles. The first-order valence-corrected chi connectivity index (χ1v) is 9.03. The molecular weight excluding hydrogens is 266 g/mol. The summed E-state index contributed by atoms with van der Waals surface area (Å²) in [7, 11) is 0. The van der Waals surface area contributed by atoms with Gasteiger partial charge in [-0.2, -0.15) is 0 Å². The fraction of sp³-hybridized carbons (Fsp3) is 0.706. The van der Waals surface area contributed by atoms with Gasteiger partial charge in [-0.1, -0.05) is 32.6 Å². The third-order valence-electron chi connectivity index (χ3n) is 5.04. The number of carbonyl (C=O) groups excluding carboxylic acids is 1. The number of hydrogen-bond acceptors (Lipinski definition) is 2. The zero-order valence-electron chi connectivity index (χ0n) is 12.4. The van der Waals surface area contributed by atoms with Gasteiger partial charge in [0.05, 0.1) is 6.04 Å². The quantitative estimate of drug-likeness (QED) is 0.796. The standard InChI is InChI=1S/C17H25NOS/c1-2-15-14-10-12-20-16(14)9-11-18(15)17(19)8-7-13-5-3-4-6-13/h10,12-13,15H,2-9,11H2,1H3. The van der Waals surface area contributed by atoms with Crippen LogP contribution in [-0.4, -0.2) is 17.4 Å². The number of thiophene rings is 1. The van der Waals surface area contributed by atoms with Crippen LogP contribution in [0.25, 0.3) is 0 Å². The molecule has 0 bridgehead atoms. The van der Waals surface area contributed by atoms with Gasteiger partial charge in [-0.05, 0) is 42.2 Å². The van der Waals surface area contributed by atoms with Crippen LogP contribution in [0.1, 0.15) is 68.4 Å². The van der Waals surface area contributed by atoms with Gasteiger partial charge in [-0.25, -0.2) is 0 Å². The summed E-state index contributed by atoms with van der Waals surface area (Å²) in [5, 5.41) is 2.18. The molecule has 20 heavy (non-hydrogen) atoms. The van der Waals surface area contributed by atoms with Crippen molar-refractivity contribution in [2.75, 3.05) is 6.54 Å². The molecule has 0 N–H and O–H groups in total. The molecule has 1 aromatic heterocycles. The van der Waals surface area contributed by atoms with Crippen molar-refractivity contribution in [3.05, 3.63) is 21.9 Å². The average molecular weight is 291 g/mol. The summed E-state index contributed by atoms with van der Waals surface area (Å²) >= 11 is 1.85. The van der Waals surface area contributed by atoms with E-state index in [1.54, 1.807) is 0 Å². The second-order valence-corrected chi connectivity index (χ2v) is 7.25. The van der Waals surface area contributed by atoms with Gasteiger partial charge in [-0.3, -0.25) is 4.79 Å². The van der Waals surface area contributed by atoms with E-state index in [0.29, 0.717) is 11.9 Å². The van der Waals surface area contributed by atoms with E-state index in [0.717, 1.165) is 38.1 Å². The van der Waals surface area contributed by atoms with Crippen molar-refractivity contribution in [2.45, 2.75) is 64.3 Å². The van der Waals surface area contributed by atoms with Gasteiger partial charge in [0.25, 0.3) is 0 Å². The van der Waals surface area contributed by atoms with Crippen LogP contribution >= 0.6 is 11.3 Å². The molecule has 0 aromatic carbocycles. The lowest BCUT2D eigenvalue weighted by atomic mass is 9.96. The van der Waals surface area contributed by atoms with Crippen molar-refractivity contribution in [1.29, 1.82) is 0 Å². The van der Waals surface area contributed by atoms with Crippen LogP contribution in [0.5, 0.6) is 0 Å². The predicted octanol–water partition coefficient (Wildman–Crippen LogP) is 4.55. The molecule has 1 fully saturated rings. The largest absolute Gasteiger partial charge is 0.335 e. The normalized spacial score (nSPS) is 23.1. The lowest BCUT2D eigenvalue weighted by Gasteiger charge is -2.35. The molecule has 2 heterocycles. The molecule has 1 aromatic rings. The van der Waals surface area contributed by atoms with Crippen LogP contribution in [0.2, 0.25) is 0 Å². The van der Waals surface area contributed by atoms with E-state index < -0.39 is 0 Å². The molecule has 1 unspecified atom stereocenters. The molecule has 110 valence electrons. The lowest BCUT2D eigenvalue weighted by Crippen LogP contribution is -2.39. The highest BCUT2D eigenvalue weighted by Crippen LogP contribution is 2.36. The van der Waals surface area contributed by atoms with Crippen LogP contribution in [0, 0.1) is 5.92 Å². The Morgan fingerprint density at radius 3 is 2.95 bits per heavy atom. The first-order chi connectivity index (χ1) is 9.79. The van der Waals surface area contributed by atoms with Crippen molar-refractivity contribution in [3.8, 4) is 0 Å². The van der Waals surface area contributed by atoms with Crippen LogP contribution in [0.4, 0.5) is 0 Å². The Morgan fingerprint density at radius 2 is 2.20 bits per heavy atom. The maximum absolute atomic E-state index is 12.6. The Morgan fingerprint density at radius 1 is 1.40 bits per heavy atom. The van der Waals surface area contributed by atoms with E-state index in [9.17, 15) is 4.79 Å². The summed E-state index contributed by atoms with van der Waals surface area (Å²) in [6.07, 6.45) is 9.41. The minimum absolute atomic E-state index is 0.334. The topological polar surface area (TPSA) is 20.3 Å². The fourth-order valence-corrected chi connectivity index (χ4v) is 4.83. The van der Waals surface area contributed by atoms with Gasteiger partial charge >= 0.3 is 0 Å². The fourth-order valence-electron chi connectivity index (χ4n) is 3.91. The molecule has 0 radical (unpaired) electrons. The Labute approximate surface area is 126 Å². The van der Waals surface area contributed by atoms with Gasteiger partial charge in [-0.15, -0.1) is 11.3 Å². The average Bonchev–Trinajstić information content (AvgIpc) is 3.14. The van der Waals surface area contributed by atoms with E-state index in [-0.39, 0.29) is 0 Å². The summed E-state index contributed by atoms with van der Waals surface area (Å²) in [6.45, 7) is 3.13. The molecule has 2 nitrogen and oxygen atoms in total. The third-order valence-corrected chi connectivity index (χ3v) is 6.04. The number of fused-ring (bicyclic) bond motifs is 1. The van der Waals surface area contributed by atoms with E-state index >= 15 is 0 Å². The molecule has 1 amide bonds. The van der Waals surface area contributed by atoms with E-state index in [1.807, 2.05) is 11.3 Å². The molecule has 3 rings (SSSR count). The van der Waals surface area contributed by atoms with Crippen LogP contribution in [-0.2, 0) is 11.2 Å². The summed E-state index contributed by atoms with van der Waals surface area (Å²) in [5.41, 5.74) is 1.41. The minimum atomic E-state index is 0.334. The van der Waals surface area contributed by atoms with Gasteiger partial charge in [0.15, 0.2) is 0 Å². The van der Waals surface area contributed by atoms with Crippen molar-refractivity contribution in [1.82, 2.24) is 4.90 Å². The first kappa shape index (κ1) is 14.1. The minimum Gasteiger partial charge on any atom is -0.335 e. The first-order valence-electron chi connectivity index (χ1n) is 8.15. The predicted molar refractivity (Wildman–Crippen MR) is 84.0 cm³/mol. The highest BCUT2D eigenvalue weighted by atomic mass is 32.1. The van der Waals surface area contributed by atoms with Crippen LogP contribution in [0.15, 0.2) is 11.4 Å². The van der Waals surface area contributed by atoms with Crippen molar-refractivity contribution in [2.24, 2.45) is 5.92 Å². The smallest absolute Gasteiger partial charge is 0.223 e. The maximum Gasteiger partial charge on any atom is 0.223 e. The van der Waals surface area contributed by atoms with E-state index in [4.69, 9.17) is 0 Å².